The maximum atomic E-state index is 12.6. The van der Waals surface area contributed by atoms with Crippen molar-refractivity contribution in [3.8, 4) is 0 Å². The normalized spacial score (nSPS) is 22.2. The van der Waals surface area contributed by atoms with E-state index >= 15 is 0 Å². The first-order chi connectivity index (χ1) is 9.56. The second-order valence-corrected chi connectivity index (χ2v) is 4.91. The molecule has 110 valence electrons. The molecule has 2 rings (SSSR count). The number of nitrogens with zero attached hydrogens (tertiary/aromatic N) is 1. The number of aliphatic carboxylic acids is 1. The summed E-state index contributed by atoms with van der Waals surface area (Å²) in [5.74, 6) is -0.459. The van der Waals surface area contributed by atoms with E-state index < -0.39 is 5.97 Å². The highest BCUT2D eigenvalue weighted by molar-refractivity contribution is 5.95. The maximum absolute atomic E-state index is 12.6. The molecule has 0 radical (unpaired) electrons. The van der Waals surface area contributed by atoms with Crippen molar-refractivity contribution in [2.45, 2.75) is 38.3 Å². The maximum Gasteiger partial charge on any atom is 0.305 e. The SMILES string of the molecule is CCc1occc1C(=O)N1CC(OC)CC1CC(=O)O. The van der Waals surface area contributed by atoms with Crippen LogP contribution in [-0.2, 0) is 16.0 Å². The summed E-state index contributed by atoms with van der Waals surface area (Å²) in [6.07, 6.45) is 2.49. The van der Waals surface area contributed by atoms with Crippen LogP contribution in [0.15, 0.2) is 16.7 Å². The molecule has 0 saturated carbocycles. The first kappa shape index (κ1) is 14.6. The highest BCUT2D eigenvalue weighted by Crippen LogP contribution is 2.26. The van der Waals surface area contributed by atoms with E-state index in [4.69, 9.17) is 14.3 Å². The van der Waals surface area contributed by atoms with Crippen molar-refractivity contribution < 1.29 is 23.8 Å². The first-order valence-corrected chi connectivity index (χ1v) is 6.68. The van der Waals surface area contributed by atoms with Crippen LogP contribution in [0.1, 0.15) is 35.9 Å². The van der Waals surface area contributed by atoms with Crippen LogP contribution in [0.3, 0.4) is 0 Å². The zero-order chi connectivity index (χ0) is 14.7. The van der Waals surface area contributed by atoms with Gasteiger partial charge in [-0.25, -0.2) is 0 Å². The smallest absolute Gasteiger partial charge is 0.305 e. The summed E-state index contributed by atoms with van der Waals surface area (Å²) in [4.78, 5) is 25.1. The van der Waals surface area contributed by atoms with Gasteiger partial charge in [0, 0.05) is 26.1 Å². The number of furan rings is 1. The number of ether oxygens (including phenoxy) is 1. The van der Waals surface area contributed by atoms with Crippen molar-refractivity contribution in [3.63, 3.8) is 0 Å². The number of aryl methyl sites for hydroxylation is 1. The molecule has 1 aromatic rings. The predicted molar refractivity (Wildman–Crippen MR) is 70.6 cm³/mol. The van der Waals surface area contributed by atoms with Crippen LogP contribution in [0.2, 0.25) is 0 Å². The van der Waals surface area contributed by atoms with Crippen LogP contribution in [0.4, 0.5) is 0 Å². The summed E-state index contributed by atoms with van der Waals surface area (Å²) >= 11 is 0. The van der Waals surface area contributed by atoms with E-state index in [9.17, 15) is 9.59 Å². The molecule has 1 aliphatic heterocycles. The minimum absolute atomic E-state index is 0.0646. The third kappa shape index (κ3) is 2.85. The Morgan fingerprint density at radius 3 is 2.90 bits per heavy atom. The molecule has 2 unspecified atom stereocenters. The number of carbonyl (C=O) groups excluding carboxylic acids is 1. The number of hydrogen-bond acceptors (Lipinski definition) is 4. The van der Waals surface area contributed by atoms with E-state index in [1.165, 1.54) is 6.26 Å². The van der Waals surface area contributed by atoms with Crippen LogP contribution in [0.5, 0.6) is 0 Å². The van der Waals surface area contributed by atoms with Crippen molar-refractivity contribution in [3.05, 3.63) is 23.7 Å². The molecule has 6 heteroatoms. The number of methoxy groups -OCH3 is 1. The highest BCUT2D eigenvalue weighted by atomic mass is 16.5. The molecule has 6 nitrogen and oxygen atoms in total. The molecule has 1 aliphatic rings. The Bertz CT molecular complexity index is 496. The average molecular weight is 281 g/mol. The van der Waals surface area contributed by atoms with E-state index in [1.54, 1.807) is 18.1 Å². The van der Waals surface area contributed by atoms with Gasteiger partial charge in [-0.2, -0.15) is 0 Å². The van der Waals surface area contributed by atoms with Gasteiger partial charge in [-0.05, 0) is 12.5 Å². The van der Waals surface area contributed by atoms with Gasteiger partial charge < -0.3 is 19.2 Å². The first-order valence-electron chi connectivity index (χ1n) is 6.68. The molecule has 2 atom stereocenters. The number of carboxylic acid groups (broad SMARTS) is 1. The molecule has 1 fully saturated rings. The number of carboxylic acids is 1. The van der Waals surface area contributed by atoms with Gasteiger partial charge in [0.15, 0.2) is 0 Å². The summed E-state index contributed by atoms with van der Waals surface area (Å²) in [6, 6.07) is 1.31. The van der Waals surface area contributed by atoms with Crippen molar-refractivity contribution in [1.82, 2.24) is 4.90 Å². The van der Waals surface area contributed by atoms with Crippen molar-refractivity contribution >= 4 is 11.9 Å². The third-order valence-electron chi connectivity index (χ3n) is 3.68. The Hall–Kier alpha value is -1.82. The lowest BCUT2D eigenvalue weighted by molar-refractivity contribution is -0.137. The van der Waals surface area contributed by atoms with Gasteiger partial charge in [0.1, 0.15) is 5.76 Å². The fraction of sp³-hybridized carbons (Fsp3) is 0.571. The van der Waals surface area contributed by atoms with Gasteiger partial charge in [0.25, 0.3) is 5.91 Å². The molecule has 1 amide bonds. The van der Waals surface area contributed by atoms with Gasteiger partial charge in [0.2, 0.25) is 0 Å². The second kappa shape index (κ2) is 6.09. The standard InChI is InChI=1S/C14H19NO5/c1-3-12-11(4-5-20-12)14(18)15-8-10(19-2)6-9(15)7-13(16)17/h4-5,9-10H,3,6-8H2,1-2H3,(H,16,17). The summed E-state index contributed by atoms with van der Waals surface area (Å²) in [7, 11) is 1.58. The number of hydrogen-bond donors (Lipinski definition) is 1. The quantitative estimate of drug-likeness (QED) is 0.885. The van der Waals surface area contributed by atoms with Gasteiger partial charge >= 0.3 is 5.97 Å². The van der Waals surface area contributed by atoms with Crippen molar-refractivity contribution in [1.29, 1.82) is 0 Å². The average Bonchev–Trinajstić information content (AvgIpc) is 3.03. The fourth-order valence-corrected chi connectivity index (χ4v) is 2.65. The molecule has 0 bridgehead atoms. The van der Waals surface area contributed by atoms with Gasteiger partial charge in [0.05, 0.1) is 24.4 Å². The van der Waals surface area contributed by atoms with Crippen LogP contribution in [-0.4, -0.2) is 47.7 Å². The Balaban J connectivity index is 2.19. The van der Waals surface area contributed by atoms with E-state index in [0.717, 1.165) is 0 Å². The van der Waals surface area contributed by atoms with E-state index in [2.05, 4.69) is 0 Å². The fourth-order valence-electron chi connectivity index (χ4n) is 2.65. The molecule has 1 aromatic heterocycles. The molecule has 20 heavy (non-hydrogen) atoms. The largest absolute Gasteiger partial charge is 0.481 e. The summed E-state index contributed by atoms with van der Waals surface area (Å²) in [5, 5.41) is 8.97. The highest BCUT2D eigenvalue weighted by Gasteiger charge is 2.37. The number of rotatable bonds is 5. The number of likely N-dealkylation sites (tertiary alicyclic amines) is 1. The lowest BCUT2D eigenvalue weighted by atomic mass is 10.1. The van der Waals surface area contributed by atoms with Gasteiger partial charge in [-0.1, -0.05) is 6.92 Å². The summed E-state index contributed by atoms with van der Waals surface area (Å²) in [5.41, 5.74) is 0.514. The van der Waals surface area contributed by atoms with Crippen molar-refractivity contribution in [2.75, 3.05) is 13.7 Å². The molecule has 1 N–H and O–H groups in total. The second-order valence-electron chi connectivity index (χ2n) is 4.91. The molecule has 1 saturated heterocycles. The van der Waals surface area contributed by atoms with E-state index in [1.807, 2.05) is 6.92 Å². The minimum Gasteiger partial charge on any atom is -0.481 e. The third-order valence-corrected chi connectivity index (χ3v) is 3.68. The molecule has 0 aromatic carbocycles. The molecule has 2 heterocycles. The Kier molecular flexibility index (Phi) is 4.44. The van der Waals surface area contributed by atoms with Gasteiger partial charge in [-0.3, -0.25) is 9.59 Å². The van der Waals surface area contributed by atoms with E-state index in [-0.39, 0.29) is 24.5 Å². The molecular formula is C14H19NO5. The number of carbonyl (C=O) groups is 2. The molecular weight excluding hydrogens is 262 g/mol. The van der Waals surface area contributed by atoms with Crippen molar-refractivity contribution in [2.24, 2.45) is 0 Å². The Morgan fingerprint density at radius 1 is 1.55 bits per heavy atom. The van der Waals surface area contributed by atoms with Crippen LogP contribution < -0.4 is 0 Å². The predicted octanol–water partition coefficient (Wildman–Crippen LogP) is 1.55. The van der Waals surface area contributed by atoms with Gasteiger partial charge in [-0.15, -0.1) is 0 Å². The molecule has 0 spiro atoms. The minimum atomic E-state index is -0.910. The zero-order valence-corrected chi connectivity index (χ0v) is 11.7. The van der Waals surface area contributed by atoms with Crippen LogP contribution in [0.25, 0.3) is 0 Å². The monoisotopic (exact) mass is 281 g/mol. The summed E-state index contributed by atoms with van der Waals surface area (Å²) in [6.45, 7) is 2.33. The zero-order valence-electron chi connectivity index (χ0n) is 11.7. The number of amides is 1. The Morgan fingerprint density at radius 2 is 2.30 bits per heavy atom. The lowest BCUT2D eigenvalue weighted by Crippen LogP contribution is -2.37. The Labute approximate surface area is 117 Å². The lowest BCUT2D eigenvalue weighted by Gasteiger charge is -2.23. The van der Waals surface area contributed by atoms with Crippen LogP contribution >= 0.6 is 0 Å². The van der Waals surface area contributed by atoms with Crippen LogP contribution in [0, 0.1) is 0 Å². The molecule has 0 aliphatic carbocycles. The summed E-state index contributed by atoms with van der Waals surface area (Å²) < 4.78 is 10.5. The van der Waals surface area contributed by atoms with E-state index in [0.29, 0.717) is 30.7 Å². The topological polar surface area (TPSA) is 80.0 Å².